The normalized spacial score (nSPS) is 14.2. The first-order valence-electron chi connectivity index (χ1n) is 5.84. The number of benzene rings is 1. The van der Waals surface area contributed by atoms with E-state index in [2.05, 4.69) is 15.2 Å². The molecule has 3 rings (SSSR count). The van der Waals surface area contributed by atoms with Crippen molar-refractivity contribution >= 4 is 40.3 Å². The van der Waals surface area contributed by atoms with Crippen molar-refractivity contribution < 1.29 is 4.79 Å². The molecule has 0 saturated carbocycles. The van der Waals surface area contributed by atoms with E-state index in [1.54, 1.807) is 23.1 Å². The first-order valence-corrected chi connectivity index (χ1v) is 7.64. The summed E-state index contributed by atoms with van der Waals surface area (Å²) >= 11 is 3.15. The van der Waals surface area contributed by atoms with Crippen LogP contribution in [0.5, 0.6) is 0 Å². The van der Waals surface area contributed by atoms with Crippen molar-refractivity contribution in [3.05, 3.63) is 34.8 Å². The van der Waals surface area contributed by atoms with Crippen molar-refractivity contribution in [1.82, 2.24) is 10.2 Å². The Morgan fingerprint density at radius 3 is 2.95 bits per heavy atom. The van der Waals surface area contributed by atoms with E-state index in [0.29, 0.717) is 12.2 Å². The number of aryl methyl sites for hydroxylation is 1. The number of nitrogens with zero attached hydrogens (tertiary/aromatic N) is 3. The molecule has 1 aliphatic heterocycles. The summed E-state index contributed by atoms with van der Waals surface area (Å²) in [5.74, 6) is 0.837. The molecule has 1 aromatic heterocycles. The number of aromatic nitrogens is 2. The van der Waals surface area contributed by atoms with Crippen molar-refractivity contribution in [3.8, 4) is 0 Å². The SMILES string of the molecule is Cc1nnc(SCC2=Nc3ccccc3C(=O)C2)s1. The van der Waals surface area contributed by atoms with Gasteiger partial charge in [0.05, 0.1) is 12.1 Å². The van der Waals surface area contributed by atoms with Gasteiger partial charge in [-0.25, -0.2) is 0 Å². The first-order chi connectivity index (χ1) is 9.22. The fourth-order valence-corrected chi connectivity index (χ4v) is 3.61. The van der Waals surface area contributed by atoms with Crippen LogP contribution in [0.2, 0.25) is 0 Å². The summed E-state index contributed by atoms with van der Waals surface area (Å²) < 4.78 is 0.923. The van der Waals surface area contributed by atoms with E-state index in [1.165, 1.54) is 0 Å². The van der Waals surface area contributed by atoms with Crippen LogP contribution in [0.15, 0.2) is 33.6 Å². The number of rotatable bonds is 3. The second-order valence-electron chi connectivity index (χ2n) is 4.17. The lowest BCUT2D eigenvalue weighted by Crippen LogP contribution is -2.15. The number of carbonyl (C=O) groups is 1. The van der Waals surface area contributed by atoms with Crippen LogP contribution in [0.1, 0.15) is 21.8 Å². The summed E-state index contributed by atoms with van der Waals surface area (Å²) in [5.41, 5.74) is 2.41. The minimum Gasteiger partial charge on any atom is -0.294 e. The molecule has 0 bridgehead atoms. The second kappa shape index (κ2) is 5.22. The Kier molecular flexibility index (Phi) is 3.44. The maximum atomic E-state index is 12.0. The van der Waals surface area contributed by atoms with Crippen LogP contribution >= 0.6 is 23.1 Å². The average molecular weight is 289 g/mol. The van der Waals surface area contributed by atoms with Crippen LogP contribution < -0.4 is 0 Å². The van der Waals surface area contributed by atoms with Gasteiger partial charge in [0.1, 0.15) is 5.01 Å². The Balaban J connectivity index is 1.76. The van der Waals surface area contributed by atoms with E-state index in [1.807, 2.05) is 31.2 Å². The lowest BCUT2D eigenvalue weighted by molar-refractivity contribution is 0.1000. The van der Waals surface area contributed by atoms with E-state index in [4.69, 9.17) is 0 Å². The Bertz CT molecular complexity index is 663. The zero-order chi connectivity index (χ0) is 13.2. The quantitative estimate of drug-likeness (QED) is 0.814. The third kappa shape index (κ3) is 2.74. The summed E-state index contributed by atoms with van der Waals surface area (Å²) in [4.78, 5) is 16.5. The highest BCUT2D eigenvalue weighted by Crippen LogP contribution is 2.28. The number of fused-ring (bicyclic) bond motifs is 1. The zero-order valence-electron chi connectivity index (χ0n) is 10.3. The number of carbonyl (C=O) groups excluding carboxylic acids is 1. The van der Waals surface area contributed by atoms with Gasteiger partial charge in [-0.3, -0.25) is 9.79 Å². The van der Waals surface area contributed by atoms with E-state index in [-0.39, 0.29) is 5.78 Å². The number of hydrogen-bond acceptors (Lipinski definition) is 6. The molecule has 0 aliphatic carbocycles. The molecule has 0 N–H and O–H groups in total. The van der Waals surface area contributed by atoms with Gasteiger partial charge in [0.25, 0.3) is 0 Å². The van der Waals surface area contributed by atoms with Crippen LogP contribution in [0, 0.1) is 6.92 Å². The molecular formula is C13H11N3OS2. The van der Waals surface area contributed by atoms with Gasteiger partial charge in [-0.2, -0.15) is 0 Å². The minimum atomic E-state index is 0.148. The topological polar surface area (TPSA) is 55.2 Å². The number of para-hydroxylation sites is 1. The lowest BCUT2D eigenvalue weighted by Gasteiger charge is -2.13. The number of aliphatic imine (C=N–C) groups is 1. The van der Waals surface area contributed by atoms with Crippen molar-refractivity contribution in [2.45, 2.75) is 17.7 Å². The minimum absolute atomic E-state index is 0.148. The number of hydrogen-bond donors (Lipinski definition) is 0. The fourth-order valence-electron chi connectivity index (χ4n) is 1.86. The largest absolute Gasteiger partial charge is 0.294 e. The summed E-state index contributed by atoms with van der Waals surface area (Å²) in [7, 11) is 0. The van der Waals surface area contributed by atoms with Gasteiger partial charge in [0, 0.05) is 17.0 Å². The molecule has 0 saturated heterocycles. The van der Waals surface area contributed by atoms with Gasteiger partial charge in [-0.15, -0.1) is 10.2 Å². The van der Waals surface area contributed by atoms with Crippen LogP contribution in [0.4, 0.5) is 5.69 Å². The Hall–Kier alpha value is -1.53. The van der Waals surface area contributed by atoms with E-state index < -0.39 is 0 Å². The zero-order valence-corrected chi connectivity index (χ0v) is 11.9. The van der Waals surface area contributed by atoms with Crippen LogP contribution in [0.3, 0.4) is 0 Å². The van der Waals surface area contributed by atoms with Crippen LogP contribution in [-0.2, 0) is 0 Å². The van der Waals surface area contributed by atoms with Gasteiger partial charge in [0.2, 0.25) is 0 Å². The molecule has 1 aromatic carbocycles. The fraction of sp³-hybridized carbons (Fsp3) is 0.231. The first kappa shape index (κ1) is 12.5. The molecule has 0 unspecified atom stereocenters. The third-order valence-electron chi connectivity index (χ3n) is 2.72. The standard InChI is InChI=1S/C13H11N3OS2/c1-8-15-16-13(19-8)18-7-9-6-12(17)10-4-2-3-5-11(10)14-9/h2-5H,6-7H2,1H3. The van der Waals surface area contributed by atoms with Crippen molar-refractivity contribution in [2.75, 3.05) is 5.75 Å². The number of Topliss-reactive ketones (excluding diaryl/α,β-unsaturated/α-hetero) is 1. The molecule has 6 heteroatoms. The maximum absolute atomic E-state index is 12.0. The van der Waals surface area contributed by atoms with Crippen LogP contribution in [0.25, 0.3) is 0 Å². The van der Waals surface area contributed by atoms with Gasteiger partial charge < -0.3 is 0 Å². The molecule has 0 atom stereocenters. The van der Waals surface area contributed by atoms with Gasteiger partial charge in [0.15, 0.2) is 10.1 Å². The van der Waals surface area contributed by atoms with E-state index in [9.17, 15) is 4.79 Å². The Labute approximate surface area is 119 Å². The smallest absolute Gasteiger partial charge is 0.174 e. The summed E-state index contributed by atoms with van der Waals surface area (Å²) in [6, 6.07) is 7.49. The van der Waals surface area contributed by atoms with Crippen molar-refractivity contribution in [3.63, 3.8) is 0 Å². The number of thioether (sulfide) groups is 1. The summed E-state index contributed by atoms with van der Waals surface area (Å²) in [6.45, 7) is 1.93. The molecular weight excluding hydrogens is 278 g/mol. The summed E-state index contributed by atoms with van der Waals surface area (Å²) in [6.07, 6.45) is 0.405. The van der Waals surface area contributed by atoms with E-state index in [0.717, 1.165) is 26.3 Å². The Morgan fingerprint density at radius 1 is 1.32 bits per heavy atom. The van der Waals surface area contributed by atoms with E-state index >= 15 is 0 Å². The predicted molar refractivity (Wildman–Crippen MR) is 77.9 cm³/mol. The van der Waals surface area contributed by atoms with Gasteiger partial charge >= 0.3 is 0 Å². The maximum Gasteiger partial charge on any atom is 0.174 e. The molecule has 2 heterocycles. The molecule has 19 heavy (non-hydrogen) atoms. The molecule has 1 aliphatic rings. The van der Waals surface area contributed by atoms with Crippen molar-refractivity contribution in [1.29, 1.82) is 0 Å². The molecule has 0 fully saturated rings. The third-order valence-corrected chi connectivity index (χ3v) is 4.76. The lowest BCUT2D eigenvalue weighted by atomic mass is 10.0. The monoisotopic (exact) mass is 289 g/mol. The molecule has 0 radical (unpaired) electrons. The molecule has 0 spiro atoms. The van der Waals surface area contributed by atoms with Gasteiger partial charge in [-0.05, 0) is 19.1 Å². The predicted octanol–water partition coefficient (Wildman–Crippen LogP) is 3.30. The summed E-state index contributed by atoms with van der Waals surface area (Å²) in [5, 5.41) is 8.98. The number of ketones is 1. The molecule has 0 amide bonds. The molecule has 96 valence electrons. The molecule has 2 aromatic rings. The average Bonchev–Trinajstić information content (AvgIpc) is 2.82. The highest BCUT2D eigenvalue weighted by molar-refractivity contribution is 8.01. The van der Waals surface area contributed by atoms with Crippen molar-refractivity contribution in [2.24, 2.45) is 4.99 Å². The second-order valence-corrected chi connectivity index (χ2v) is 6.57. The molecule has 4 nitrogen and oxygen atoms in total. The van der Waals surface area contributed by atoms with Crippen LogP contribution in [-0.4, -0.2) is 27.4 Å². The highest BCUT2D eigenvalue weighted by Gasteiger charge is 2.19. The Morgan fingerprint density at radius 2 is 2.16 bits per heavy atom. The highest BCUT2D eigenvalue weighted by atomic mass is 32.2. The van der Waals surface area contributed by atoms with Gasteiger partial charge in [-0.1, -0.05) is 35.2 Å².